The Bertz CT molecular complexity index is 435. The predicted octanol–water partition coefficient (Wildman–Crippen LogP) is 1.28. The van der Waals surface area contributed by atoms with Crippen LogP contribution in [0, 0.1) is 0 Å². The fraction of sp³-hybridized carbons (Fsp3) is 0.562. The SMILES string of the molecule is CN=C(NCCSc1ccccc1)NCCN1CCOCC1. The van der Waals surface area contributed by atoms with E-state index in [1.54, 1.807) is 0 Å². The highest BCUT2D eigenvalue weighted by Crippen LogP contribution is 2.15. The summed E-state index contributed by atoms with van der Waals surface area (Å²) >= 11 is 1.85. The van der Waals surface area contributed by atoms with Gasteiger partial charge < -0.3 is 15.4 Å². The van der Waals surface area contributed by atoms with Crippen molar-refractivity contribution < 1.29 is 4.74 Å². The van der Waals surface area contributed by atoms with Crippen LogP contribution < -0.4 is 10.6 Å². The van der Waals surface area contributed by atoms with Gasteiger partial charge in [-0.2, -0.15) is 0 Å². The number of morpholine rings is 1. The Hall–Kier alpha value is -1.24. The smallest absolute Gasteiger partial charge is 0.191 e. The summed E-state index contributed by atoms with van der Waals surface area (Å²) in [5, 5.41) is 6.71. The molecular formula is C16H26N4OS. The van der Waals surface area contributed by atoms with Gasteiger partial charge in [0.05, 0.1) is 13.2 Å². The highest BCUT2D eigenvalue weighted by Gasteiger charge is 2.09. The Balaban J connectivity index is 1.55. The van der Waals surface area contributed by atoms with Crippen LogP contribution >= 0.6 is 11.8 Å². The molecule has 5 nitrogen and oxygen atoms in total. The normalized spacial score (nSPS) is 16.5. The molecule has 0 saturated carbocycles. The molecule has 0 unspecified atom stereocenters. The molecule has 0 aromatic heterocycles. The Morgan fingerprint density at radius 2 is 1.91 bits per heavy atom. The second kappa shape index (κ2) is 10.5. The van der Waals surface area contributed by atoms with Gasteiger partial charge in [-0.15, -0.1) is 11.8 Å². The van der Waals surface area contributed by atoms with Crippen molar-refractivity contribution in [3.63, 3.8) is 0 Å². The van der Waals surface area contributed by atoms with Crippen LogP contribution in [0.4, 0.5) is 0 Å². The number of guanidine groups is 1. The van der Waals surface area contributed by atoms with Gasteiger partial charge in [0.2, 0.25) is 0 Å². The summed E-state index contributed by atoms with van der Waals surface area (Å²) < 4.78 is 5.35. The Morgan fingerprint density at radius 3 is 2.64 bits per heavy atom. The van der Waals surface area contributed by atoms with Crippen molar-refractivity contribution in [3.8, 4) is 0 Å². The summed E-state index contributed by atoms with van der Waals surface area (Å²) in [6, 6.07) is 10.5. The molecule has 1 aromatic rings. The average Bonchev–Trinajstić information content (AvgIpc) is 2.59. The van der Waals surface area contributed by atoms with Crippen LogP contribution in [0.3, 0.4) is 0 Å². The molecule has 1 aliphatic heterocycles. The van der Waals surface area contributed by atoms with Crippen LogP contribution in [0.1, 0.15) is 0 Å². The Labute approximate surface area is 137 Å². The van der Waals surface area contributed by atoms with Gasteiger partial charge in [-0.05, 0) is 12.1 Å². The number of aliphatic imine (C=N–C) groups is 1. The summed E-state index contributed by atoms with van der Waals surface area (Å²) in [6.07, 6.45) is 0. The van der Waals surface area contributed by atoms with Crippen molar-refractivity contribution in [2.24, 2.45) is 4.99 Å². The van der Waals surface area contributed by atoms with Crippen LogP contribution in [0.25, 0.3) is 0 Å². The summed E-state index contributed by atoms with van der Waals surface area (Å²) in [5.41, 5.74) is 0. The molecule has 0 atom stereocenters. The molecule has 2 N–H and O–H groups in total. The first kappa shape index (κ1) is 17.1. The molecular weight excluding hydrogens is 296 g/mol. The third-order valence-electron chi connectivity index (χ3n) is 3.45. The van der Waals surface area contributed by atoms with E-state index >= 15 is 0 Å². The van der Waals surface area contributed by atoms with Gasteiger partial charge in [0.15, 0.2) is 5.96 Å². The summed E-state index contributed by atoms with van der Waals surface area (Å²) in [5.74, 6) is 1.90. The van der Waals surface area contributed by atoms with E-state index in [2.05, 4.69) is 44.8 Å². The van der Waals surface area contributed by atoms with Crippen molar-refractivity contribution in [3.05, 3.63) is 30.3 Å². The zero-order valence-electron chi connectivity index (χ0n) is 13.3. The van der Waals surface area contributed by atoms with Crippen LogP contribution in [0.2, 0.25) is 0 Å². The fourth-order valence-electron chi connectivity index (χ4n) is 2.23. The van der Waals surface area contributed by atoms with Crippen molar-refractivity contribution in [2.45, 2.75) is 4.90 Å². The number of thioether (sulfide) groups is 1. The van der Waals surface area contributed by atoms with E-state index in [1.165, 1.54) is 4.90 Å². The Kier molecular flexibility index (Phi) is 8.15. The Morgan fingerprint density at radius 1 is 1.18 bits per heavy atom. The minimum atomic E-state index is 0.851. The van der Waals surface area contributed by atoms with E-state index in [4.69, 9.17) is 4.74 Å². The topological polar surface area (TPSA) is 48.9 Å². The first-order valence-electron chi connectivity index (χ1n) is 7.81. The molecule has 0 amide bonds. The van der Waals surface area contributed by atoms with Crippen molar-refractivity contribution in [1.82, 2.24) is 15.5 Å². The zero-order chi connectivity index (χ0) is 15.5. The van der Waals surface area contributed by atoms with Crippen molar-refractivity contribution >= 4 is 17.7 Å². The van der Waals surface area contributed by atoms with E-state index in [0.29, 0.717) is 0 Å². The van der Waals surface area contributed by atoms with Gasteiger partial charge in [-0.3, -0.25) is 9.89 Å². The lowest BCUT2D eigenvalue weighted by atomic mass is 10.4. The van der Waals surface area contributed by atoms with E-state index in [-0.39, 0.29) is 0 Å². The van der Waals surface area contributed by atoms with Crippen molar-refractivity contribution in [1.29, 1.82) is 0 Å². The molecule has 22 heavy (non-hydrogen) atoms. The largest absolute Gasteiger partial charge is 0.379 e. The lowest BCUT2D eigenvalue weighted by molar-refractivity contribution is 0.0389. The fourth-order valence-corrected chi connectivity index (χ4v) is 3.02. The highest BCUT2D eigenvalue weighted by atomic mass is 32.2. The lowest BCUT2D eigenvalue weighted by Crippen LogP contribution is -2.44. The maximum Gasteiger partial charge on any atom is 0.191 e. The van der Waals surface area contributed by atoms with Crippen LogP contribution in [-0.2, 0) is 4.74 Å². The van der Waals surface area contributed by atoms with Gasteiger partial charge in [-0.1, -0.05) is 18.2 Å². The molecule has 0 bridgehead atoms. The van der Waals surface area contributed by atoms with Gasteiger partial charge in [0.1, 0.15) is 0 Å². The van der Waals surface area contributed by atoms with Gasteiger partial charge in [0, 0.05) is 50.4 Å². The third-order valence-corrected chi connectivity index (χ3v) is 4.47. The number of nitrogens with one attached hydrogen (secondary N) is 2. The van der Waals surface area contributed by atoms with Gasteiger partial charge in [-0.25, -0.2) is 0 Å². The van der Waals surface area contributed by atoms with E-state index in [9.17, 15) is 0 Å². The number of ether oxygens (including phenoxy) is 1. The first-order valence-corrected chi connectivity index (χ1v) is 8.79. The molecule has 0 spiro atoms. The van der Waals surface area contributed by atoms with Crippen LogP contribution in [0.5, 0.6) is 0 Å². The van der Waals surface area contributed by atoms with Crippen molar-refractivity contribution in [2.75, 3.05) is 58.7 Å². The number of rotatable bonds is 7. The standard InChI is InChI=1S/C16H26N4OS/c1-17-16(18-7-9-20-10-12-21-13-11-20)19-8-14-22-15-5-3-2-4-6-15/h2-6H,7-14H2,1H3,(H2,17,18,19). The molecule has 1 aromatic carbocycles. The minimum absolute atomic E-state index is 0.851. The minimum Gasteiger partial charge on any atom is -0.379 e. The predicted molar refractivity (Wildman–Crippen MR) is 93.8 cm³/mol. The van der Waals surface area contributed by atoms with E-state index < -0.39 is 0 Å². The molecule has 1 fully saturated rings. The highest BCUT2D eigenvalue weighted by molar-refractivity contribution is 7.99. The molecule has 1 heterocycles. The number of benzene rings is 1. The monoisotopic (exact) mass is 322 g/mol. The average molecular weight is 322 g/mol. The lowest BCUT2D eigenvalue weighted by Gasteiger charge is -2.26. The molecule has 1 aliphatic rings. The number of hydrogen-bond acceptors (Lipinski definition) is 4. The number of nitrogens with zero attached hydrogens (tertiary/aromatic N) is 2. The summed E-state index contributed by atoms with van der Waals surface area (Å²) in [4.78, 5) is 7.97. The molecule has 6 heteroatoms. The molecule has 122 valence electrons. The third kappa shape index (κ3) is 6.68. The summed E-state index contributed by atoms with van der Waals surface area (Å²) in [7, 11) is 1.81. The molecule has 0 radical (unpaired) electrons. The molecule has 1 saturated heterocycles. The second-order valence-corrected chi connectivity index (χ2v) is 6.21. The van der Waals surface area contributed by atoms with E-state index in [1.807, 2.05) is 24.9 Å². The second-order valence-electron chi connectivity index (χ2n) is 5.04. The molecule has 0 aliphatic carbocycles. The van der Waals surface area contributed by atoms with Crippen LogP contribution in [-0.4, -0.2) is 69.6 Å². The first-order chi connectivity index (χ1) is 10.9. The zero-order valence-corrected chi connectivity index (χ0v) is 14.1. The maximum absolute atomic E-state index is 5.35. The van der Waals surface area contributed by atoms with Gasteiger partial charge >= 0.3 is 0 Å². The molecule has 2 rings (SSSR count). The van der Waals surface area contributed by atoms with Crippen LogP contribution in [0.15, 0.2) is 40.2 Å². The quantitative estimate of drug-likeness (QED) is 0.343. The van der Waals surface area contributed by atoms with E-state index in [0.717, 1.165) is 57.6 Å². The number of hydrogen-bond donors (Lipinski definition) is 2. The maximum atomic E-state index is 5.35. The van der Waals surface area contributed by atoms with Gasteiger partial charge in [0.25, 0.3) is 0 Å². The summed E-state index contributed by atoms with van der Waals surface area (Å²) in [6.45, 7) is 6.60.